The van der Waals surface area contributed by atoms with E-state index in [0.717, 1.165) is 0 Å². The van der Waals surface area contributed by atoms with E-state index in [1.54, 1.807) is 6.07 Å². The summed E-state index contributed by atoms with van der Waals surface area (Å²) in [6.45, 7) is -0.388. The number of hydrogen-bond donors (Lipinski definition) is 2. The second kappa shape index (κ2) is 6.33. The van der Waals surface area contributed by atoms with Crippen LogP contribution in [0, 0.1) is 0 Å². The molecule has 0 amide bonds. The van der Waals surface area contributed by atoms with Gasteiger partial charge < -0.3 is 15.2 Å². The molecule has 1 aromatic carbocycles. The fourth-order valence-corrected chi connectivity index (χ4v) is 1.84. The Morgan fingerprint density at radius 1 is 1.23 bits per heavy atom. The molecular formula is C14H11F3N2O3. The number of nitrogens with zero attached hydrogens (tertiary/aromatic N) is 1. The highest BCUT2D eigenvalue weighted by atomic mass is 19.4. The summed E-state index contributed by atoms with van der Waals surface area (Å²) in [5.74, 6) is -1.48. The fraction of sp³-hybridized carbons (Fsp3) is 0.143. The van der Waals surface area contributed by atoms with Crippen LogP contribution in [-0.2, 0) is 4.79 Å². The lowest BCUT2D eigenvalue weighted by atomic mass is 10.0. The normalized spacial score (nSPS) is 11.0. The second-order valence-electron chi connectivity index (χ2n) is 4.21. The number of para-hydroxylation sites is 1. The zero-order valence-electron chi connectivity index (χ0n) is 11.1. The van der Waals surface area contributed by atoms with Gasteiger partial charge in [0.15, 0.2) is 0 Å². The lowest BCUT2D eigenvalue weighted by molar-refractivity contribution is -0.274. The van der Waals surface area contributed by atoms with Crippen LogP contribution in [0.3, 0.4) is 0 Å². The number of nitrogens with one attached hydrogen (secondary N) is 1. The van der Waals surface area contributed by atoms with Gasteiger partial charge in [0.25, 0.3) is 0 Å². The number of anilines is 1. The summed E-state index contributed by atoms with van der Waals surface area (Å²) in [5.41, 5.74) is 0.828. The molecule has 5 nitrogen and oxygen atoms in total. The van der Waals surface area contributed by atoms with Crippen LogP contribution in [0.2, 0.25) is 0 Å². The molecule has 0 atom stereocenters. The van der Waals surface area contributed by atoms with Crippen LogP contribution in [-0.4, -0.2) is 29.0 Å². The van der Waals surface area contributed by atoms with E-state index < -0.39 is 12.3 Å². The van der Waals surface area contributed by atoms with E-state index in [-0.39, 0.29) is 17.9 Å². The van der Waals surface area contributed by atoms with Crippen LogP contribution in [0.1, 0.15) is 0 Å². The van der Waals surface area contributed by atoms with Gasteiger partial charge >= 0.3 is 12.3 Å². The largest absolute Gasteiger partial charge is 0.573 e. The molecule has 0 saturated carbocycles. The van der Waals surface area contributed by atoms with Crippen molar-refractivity contribution in [2.24, 2.45) is 0 Å². The van der Waals surface area contributed by atoms with Gasteiger partial charge in [-0.3, -0.25) is 9.78 Å². The number of hydrogen-bond acceptors (Lipinski definition) is 4. The molecule has 1 heterocycles. The molecule has 0 fully saturated rings. The van der Waals surface area contributed by atoms with Crippen molar-refractivity contribution in [2.45, 2.75) is 6.36 Å². The Morgan fingerprint density at radius 3 is 2.64 bits per heavy atom. The third kappa shape index (κ3) is 4.11. The van der Waals surface area contributed by atoms with E-state index in [1.165, 1.54) is 36.7 Å². The minimum Gasteiger partial charge on any atom is -0.480 e. The van der Waals surface area contributed by atoms with E-state index in [9.17, 15) is 18.0 Å². The fourth-order valence-electron chi connectivity index (χ4n) is 1.84. The van der Waals surface area contributed by atoms with Crippen molar-refractivity contribution in [1.29, 1.82) is 0 Å². The van der Waals surface area contributed by atoms with Crippen molar-refractivity contribution in [3.8, 4) is 16.9 Å². The van der Waals surface area contributed by atoms with Gasteiger partial charge in [-0.05, 0) is 12.1 Å². The van der Waals surface area contributed by atoms with Crippen LogP contribution in [0.15, 0.2) is 42.7 Å². The van der Waals surface area contributed by atoms with Crippen LogP contribution >= 0.6 is 0 Å². The van der Waals surface area contributed by atoms with E-state index in [2.05, 4.69) is 15.0 Å². The number of carboxylic acids is 1. The number of carboxylic acid groups (broad SMARTS) is 1. The number of aliphatic carboxylic acids is 1. The number of alkyl halides is 3. The summed E-state index contributed by atoms with van der Waals surface area (Å²) in [6, 6.07) is 7.07. The number of aromatic nitrogens is 1. The monoisotopic (exact) mass is 312 g/mol. The van der Waals surface area contributed by atoms with E-state index in [4.69, 9.17) is 5.11 Å². The zero-order chi connectivity index (χ0) is 16.2. The molecule has 0 saturated heterocycles. The molecule has 2 aromatic rings. The van der Waals surface area contributed by atoms with Crippen molar-refractivity contribution in [3.05, 3.63) is 42.7 Å². The number of ether oxygens (including phenoxy) is 1. The first-order chi connectivity index (χ1) is 10.4. The number of rotatable bonds is 5. The first-order valence-corrected chi connectivity index (χ1v) is 6.11. The van der Waals surface area contributed by atoms with Gasteiger partial charge in [0.2, 0.25) is 0 Å². The third-order valence-corrected chi connectivity index (χ3v) is 2.65. The highest BCUT2D eigenvalue weighted by Crippen LogP contribution is 2.36. The Bertz CT molecular complexity index is 674. The van der Waals surface area contributed by atoms with Gasteiger partial charge in [0.1, 0.15) is 12.3 Å². The van der Waals surface area contributed by atoms with E-state index in [1.807, 2.05) is 0 Å². The second-order valence-corrected chi connectivity index (χ2v) is 4.21. The molecule has 1 aromatic heterocycles. The molecule has 2 N–H and O–H groups in total. The average molecular weight is 312 g/mol. The van der Waals surface area contributed by atoms with Gasteiger partial charge in [0.05, 0.1) is 11.9 Å². The summed E-state index contributed by atoms with van der Waals surface area (Å²) < 4.78 is 41.4. The molecule has 116 valence electrons. The molecular weight excluding hydrogens is 301 g/mol. The summed E-state index contributed by atoms with van der Waals surface area (Å²) >= 11 is 0. The number of carbonyl (C=O) groups is 1. The maximum atomic E-state index is 12.5. The predicted molar refractivity (Wildman–Crippen MR) is 72.5 cm³/mol. The Labute approximate surface area is 123 Å². The average Bonchev–Trinajstić information content (AvgIpc) is 2.44. The smallest absolute Gasteiger partial charge is 0.480 e. The van der Waals surface area contributed by atoms with Crippen molar-refractivity contribution in [1.82, 2.24) is 4.98 Å². The lowest BCUT2D eigenvalue weighted by Gasteiger charge is -2.15. The standard InChI is InChI=1S/C14H11F3N2O3/c15-14(16,17)22-12-4-2-1-3-10(12)9-5-6-18-7-11(9)19-8-13(20)21/h1-7,19H,8H2,(H,20,21). The Kier molecular flexibility index (Phi) is 4.50. The zero-order valence-corrected chi connectivity index (χ0v) is 11.1. The molecule has 0 unspecified atom stereocenters. The molecule has 0 aliphatic carbocycles. The van der Waals surface area contributed by atoms with Crippen molar-refractivity contribution in [2.75, 3.05) is 11.9 Å². The highest BCUT2D eigenvalue weighted by molar-refractivity contribution is 5.83. The van der Waals surface area contributed by atoms with Crippen LogP contribution in [0.25, 0.3) is 11.1 Å². The number of halogens is 3. The van der Waals surface area contributed by atoms with Gasteiger partial charge in [0, 0.05) is 17.3 Å². The Balaban J connectivity index is 2.42. The van der Waals surface area contributed by atoms with Crippen LogP contribution in [0.5, 0.6) is 5.75 Å². The molecule has 22 heavy (non-hydrogen) atoms. The molecule has 0 aliphatic rings. The summed E-state index contributed by atoms with van der Waals surface area (Å²) in [4.78, 5) is 14.5. The SMILES string of the molecule is O=C(O)CNc1cnccc1-c1ccccc1OC(F)(F)F. The molecule has 0 spiro atoms. The maximum absolute atomic E-state index is 12.5. The molecule has 0 aliphatic heterocycles. The van der Waals surface area contributed by atoms with Crippen molar-refractivity contribution in [3.63, 3.8) is 0 Å². The topological polar surface area (TPSA) is 71.5 Å². The summed E-state index contributed by atoms with van der Waals surface area (Å²) in [6.07, 6.45) is -2.09. The van der Waals surface area contributed by atoms with E-state index >= 15 is 0 Å². The predicted octanol–water partition coefficient (Wildman–Crippen LogP) is 3.14. The first-order valence-electron chi connectivity index (χ1n) is 6.11. The maximum Gasteiger partial charge on any atom is 0.573 e. The highest BCUT2D eigenvalue weighted by Gasteiger charge is 2.32. The number of pyridine rings is 1. The Morgan fingerprint density at radius 2 is 1.95 bits per heavy atom. The van der Waals surface area contributed by atoms with Crippen LogP contribution in [0.4, 0.5) is 18.9 Å². The molecule has 2 rings (SSSR count). The van der Waals surface area contributed by atoms with Crippen molar-refractivity contribution >= 4 is 11.7 Å². The van der Waals surface area contributed by atoms with Crippen molar-refractivity contribution < 1.29 is 27.8 Å². The van der Waals surface area contributed by atoms with Gasteiger partial charge in [-0.1, -0.05) is 18.2 Å². The van der Waals surface area contributed by atoms with Crippen LogP contribution < -0.4 is 10.1 Å². The summed E-state index contributed by atoms with van der Waals surface area (Å²) in [7, 11) is 0. The quantitative estimate of drug-likeness (QED) is 0.887. The van der Waals surface area contributed by atoms with Gasteiger partial charge in [-0.2, -0.15) is 0 Å². The summed E-state index contributed by atoms with van der Waals surface area (Å²) in [5, 5.41) is 11.3. The minimum absolute atomic E-state index is 0.176. The first kappa shape index (κ1) is 15.6. The third-order valence-electron chi connectivity index (χ3n) is 2.65. The lowest BCUT2D eigenvalue weighted by Crippen LogP contribution is -2.18. The number of benzene rings is 1. The molecule has 0 bridgehead atoms. The van der Waals surface area contributed by atoms with Gasteiger partial charge in [-0.15, -0.1) is 13.2 Å². The van der Waals surface area contributed by atoms with Gasteiger partial charge in [-0.25, -0.2) is 0 Å². The molecule has 8 heteroatoms. The molecule has 0 radical (unpaired) electrons. The van der Waals surface area contributed by atoms with E-state index in [0.29, 0.717) is 11.3 Å². The Hall–Kier alpha value is -2.77. The minimum atomic E-state index is -4.82.